The molecule has 0 heterocycles. The van der Waals surface area contributed by atoms with Crippen molar-refractivity contribution >= 4 is 5.97 Å². The Morgan fingerprint density at radius 1 is 0.935 bits per heavy atom. The Morgan fingerprint density at radius 3 is 2.13 bits per heavy atom. The van der Waals surface area contributed by atoms with Crippen LogP contribution in [0.4, 0.5) is 0 Å². The number of benzene rings is 1. The van der Waals surface area contributed by atoms with Crippen molar-refractivity contribution in [1.82, 2.24) is 0 Å². The summed E-state index contributed by atoms with van der Waals surface area (Å²) in [4.78, 5) is 11.5. The molecule has 31 heavy (non-hydrogen) atoms. The molecule has 0 aliphatic rings. The molecule has 0 spiro atoms. The number of carboxylic acid groups (broad SMARTS) is 1. The number of hydrogen-bond donors (Lipinski definition) is 1. The summed E-state index contributed by atoms with van der Waals surface area (Å²) in [6, 6.07) is 8.47. The fraction of sp³-hybridized carbons (Fsp3) is 0.750. The quantitative estimate of drug-likeness (QED) is 0.321. The second-order valence-electron chi connectivity index (χ2n) is 11.5. The third-order valence-corrected chi connectivity index (χ3v) is 7.28. The highest BCUT2D eigenvalue weighted by Gasteiger charge is 2.34. The van der Waals surface area contributed by atoms with E-state index in [9.17, 15) is 9.90 Å². The van der Waals surface area contributed by atoms with Crippen LogP contribution in [0, 0.1) is 22.7 Å². The third-order valence-electron chi connectivity index (χ3n) is 7.28. The van der Waals surface area contributed by atoms with Gasteiger partial charge < -0.3 is 9.84 Å². The van der Waals surface area contributed by atoms with Crippen LogP contribution in [0.2, 0.25) is 0 Å². The van der Waals surface area contributed by atoms with Gasteiger partial charge in [-0.15, -0.1) is 0 Å². The van der Waals surface area contributed by atoms with Crippen molar-refractivity contribution in [3.8, 4) is 5.75 Å². The Kier molecular flexibility index (Phi) is 10.6. The van der Waals surface area contributed by atoms with Crippen LogP contribution in [0.25, 0.3) is 0 Å². The lowest BCUT2D eigenvalue weighted by atomic mass is 9.73. The maximum Gasteiger partial charge on any atom is 0.309 e. The molecule has 0 saturated heterocycles. The summed E-state index contributed by atoms with van der Waals surface area (Å²) in [6.07, 6.45) is 6.88. The highest BCUT2D eigenvalue weighted by molar-refractivity contribution is 5.73. The summed E-state index contributed by atoms with van der Waals surface area (Å²) in [5.41, 5.74) is 0.909. The summed E-state index contributed by atoms with van der Waals surface area (Å²) in [7, 11) is 0. The van der Waals surface area contributed by atoms with Crippen molar-refractivity contribution < 1.29 is 14.6 Å². The first kappa shape index (κ1) is 27.5. The van der Waals surface area contributed by atoms with Gasteiger partial charge in [0.2, 0.25) is 0 Å². The number of ether oxygens (including phenoxy) is 1. The summed E-state index contributed by atoms with van der Waals surface area (Å²) in [6.45, 7) is 19.3. The van der Waals surface area contributed by atoms with Crippen LogP contribution in [0.5, 0.6) is 5.75 Å². The molecular formula is C28H48O3. The molecule has 1 aromatic carbocycles. The zero-order valence-electron chi connectivity index (χ0n) is 21.6. The van der Waals surface area contributed by atoms with Crippen molar-refractivity contribution in [2.45, 2.75) is 113 Å². The van der Waals surface area contributed by atoms with E-state index in [-0.39, 0.29) is 17.4 Å². The molecular weight excluding hydrogens is 384 g/mol. The Balaban J connectivity index is 2.39. The summed E-state index contributed by atoms with van der Waals surface area (Å²) in [5.74, 6) is 1.64. The smallest absolute Gasteiger partial charge is 0.309 e. The van der Waals surface area contributed by atoms with Crippen molar-refractivity contribution in [1.29, 1.82) is 0 Å². The molecule has 3 heteroatoms. The van der Waals surface area contributed by atoms with Gasteiger partial charge in [0, 0.05) is 0 Å². The number of aliphatic carboxylic acids is 1. The van der Waals surface area contributed by atoms with Gasteiger partial charge in [0.1, 0.15) is 5.75 Å². The highest BCUT2D eigenvalue weighted by atomic mass is 16.5. The molecule has 3 nitrogen and oxygen atoms in total. The van der Waals surface area contributed by atoms with Gasteiger partial charge in [-0.1, -0.05) is 60.1 Å². The minimum atomic E-state index is -0.696. The van der Waals surface area contributed by atoms with Gasteiger partial charge in [0.05, 0.1) is 11.5 Å². The maximum absolute atomic E-state index is 11.5. The first-order valence-electron chi connectivity index (χ1n) is 12.2. The number of hydrogen-bond acceptors (Lipinski definition) is 2. The minimum absolute atomic E-state index is 0.175. The predicted molar refractivity (Wildman–Crippen MR) is 132 cm³/mol. The van der Waals surface area contributed by atoms with E-state index in [1.807, 2.05) is 13.8 Å². The van der Waals surface area contributed by atoms with E-state index in [4.69, 9.17) is 4.74 Å². The topological polar surface area (TPSA) is 46.5 Å². The molecule has 178 valence electrons. The molecule has 0 aromatic heterocycles. The zero-order valence-corrected chi connectivity index (χ0v) is 21.6. The van der Waals surface area contributed by atoms with Crippen LogP contribution in [-0.2, 0) is 4.79 Å². The monoisotopic (exact) mass is 432 g/mol. The minimum Gasteiger partial charge on any atom is -0.491 e. The molecule has 0 aliphatic carbocycles. The number of carboxylic acids is 1. The molecule has 3 atom stereocenters. The Labute approximate surface area is 192 Å². The average molecular weight is 433 g/mol. The third kappa shape index (κ3) is 9.66. The molecule has 0 aliphatic heterocycles. The van der Waals surface area contributed by atoms with Gasteiger partial charge in [0.15, 0.2) is 0 Å². The Morgan fingerprint density at radius 2 is 1.55 bits per heavy atom. The predicted octanol–water partition coefficient (Wildman–Crippen LogP) is 8.33. The van der Waals surface area contributed by atoms with Crippen molar-refractivity contribution in [3.63, 3.8) is 0 Å². The molecule has 1 rings (SSSR count). The maximum atomic E-state index is 11.5. The van der Waals surface area contributed by atoms with E-state index in [2.05, 4.69) is 72.7 Å². The van der Waals surface area contributed by atoms with Crippen LogP contribution in [-0.4, -0.2) is 17.2 Å². The first-order valence-corrected chi connectivity index (χ1v) is 12.2. The van der Waals surface area contributed by atoms with Gasteiger partial charge in [-0.05, 0) is 93.7 Å². The molecule has 0 saturated carbocycles. The summed E-state index contributed by atoms with van der Waals surface area (Å²) >= 11 is 0. The number of carbonyl (C=O) groups is 1. The lowest BCUT2D eigenvalue weighted by Crippen LogP contribution is -2.32. The van der Waals surface area contributed by atoms with Gasteiger partial charge in [-0.25, -0.2) is 0 Å². The average Bonchev–Trinajstić information content (AvgIpc) is 2.69. The summed E-state index contributed by atoms with van der Waals surface area (Å²) < 4.78 is 6.17. The second kappa shape index (κ2) is 11.9. The standard InChI is InChI=1S/C28H48O3/c1-20(2)24-11-10-12-25(19-24)31-23(5)14-13-21(3)15-17-27(6,7)18-16-22(4)28(8,9)26(29)30/h10-12,19-23H,13-18H2,1-9H3,(H,29,30). The SMILES string of the molecule is CC(CCC(C)Oc1cccc(C(C)C)c1)CCC(C)(C)CCC(C)C(C)(C)C(=O)O. The molecule has 1 N–H and O–H groups in total. The van der Waals surface area contributed by atoms with Crippen LogP contribution in [0.3, 0.4) is 0 Å². The Hall–Kier alpha value is -1.51. The van der Waals surface area contributed by atoms with Crippen LogP contribution in [0.15, 0.2) is 24.3 Å². The Bertz CT molecular complexity index is 675. The summed E-state index contributed by atoms with van der Waals surface area (Å²) in [5, 5.41) is 9.44. The fourth-order valence-corrected chi connectivity index (χ4v) is 3.84. The normalized spacial score (nSPS) is 15.5. The molecule has 0 radical (unpaired) electrons. The molecule has 1 aromatic rings. The second-order valence-corrected chi connectivity index (χ2v) is 11.5. The fourth-order valence-electron chi connectivity index (χ4n) is 3.84. The lowest BCUT2D eigenvalue weighted by Gasteiger charge is -2.32. The van der Waals surface area contributed by atoms with Crippen LogP contribution in [0.1, 0.15) is 112 Å². The molecule has 3 unspecified atom stereocenters. The van der Waals surface area contributed by atoms with E-state index in [1.165, 1.54) is 24.8 Å². The van der Waals surface area contributed by atoms with Gasteiger partial charge in [-0.3, -0.25) is 4.79 Å². The highest BCUT2D eigenvalue weighted by Crippen LogP contribution is 2.37. The van der Waals surface area contributed by atoms with Crippen molar-refractivity contribution in [2.75, 3.05) is 0 Å². The van der Waals surface area contributed by atoms with Crippen LogP contribution < -0.4 is 4.74 Å². The van der Waals surface area contributed by atoms with E-state index < -0.39 is 11.4 Å². The first-order chi connectivity index (χ1) is 14.2. The van der Waals surface area contributed by atoms with E-state index in [0.29, 0.717) is 11.8 Å². The molecule has 0 fully saturated rings. The molecule has 0 amide bonds. The van der Waals surface area contributed by atoms with E-state index in [0.717, 1.165) is 25.0 Å². The van der Waals surface area contributed by atoms with Crippen molar-refractivity contribution in [2.24, 2.45) is 22.7 Å². The van der Waals surface area contributed by atoms with Gasteiger partial charge in [-0.2, -0.15) is 0 Å². The van der Waals surface area contributed by atoms with E-state index >= 15 is 0 Å². The molecule has 0 bridgehead atoms. The van der Waals surface area contributed by atoms with Gasteiger partial charge >= 0.3 is 5.97 Å². The largest absolute Gasteiger partial charge is 0.491 e. The van der Waals surface area contributed by atoms with Gasteiger partial charge in [0.25, 0.3) is 0 Å². The number of rotatable bonds is 14. The zero-order chi connectivity index (χ0) is 23.8. The van der Waals surface area contributed by atoms with E-state index in [1.54, 1.807) is 0 Å². The lowest BCUT2D eigenvalue weighted by molar-refractivity contribution is -0.150. The van der Waals surface area contributed by atoms with Crippen molar-refractivity contribution in [3.05, 3.63) is 29.8 Å². The van der Waals surface area contributed by atoms with Crippen LogP contribution >= 0.6 is 0 Å².